The van der Waals surface area contributed by atoms with Gasteiger partial charge in [0.25, 0.3) is 0 Å². The number of fused-ring (bicyclic) bond motifs is 3. The van der Waals surface area contributed by atoms with Crippen molar-refractivity contribution in [1.82, 2.24) is 9.97 Å². The summed E-state index contributed by atoms with van der Waals surface area (Å²) in [4.78, 5) is 20.4. The number of pyridine rings is 2. The lowest BCUT2D eigenvalue weighted by molar-refractivity contribution is 0.0697. The predicted molar refractivity (Wildman–Crippen MR) is 103 cm³/mol. The van der Waals surface area contributed by atoms with E-state index in [1.54, 1.807) is 24.4 Å². The second-order valence-electron chi connectivity index (χ2n) is 6.06. The molecule has 2 aromatic carbocycles. The lowest BCUT2D eigenvalue weighted by atomic mass is 10.1. The normalized spacial score (nSPS) is 10.9. The number of nitrogens with zero attached hydrogens (tertiary/aromatic N) is 2. The van der Waals surface area contributed by atoms with Crippen LogP contribution in [-0.2, 0) is 6.42 Å². The molecular weight excluding hydrogens is 326 g/mol. The van der Waals surface area contributed by atoms with E-state index in [9.17, 15) is 9.90 Å². The number of nitrogens with one attached hydrogen (secondary N) is 1. The van der Waals surface area contributed by atoms with Crippen molar-refractivity contribution >= 4 is 33.6 Å². The third-order valence-electron chi connectivity index (χ3n) is 4.34. The van der Waals surface area contributed by atoms with Gasteiger partial charge in [-0.1, -0.05) is 30.3 Å². The summed E-state index contributed by atoms with van der Waals surface area (Å²) in [7, 11) is 0. The van der Waals surface area contributed by atoms with E-state index < -0.39 is 5.97 Å². The van der Waals surface area contributed by atoms with Crippen LogP contribution in [0.15, 0.2) is 66.9 Å². The van der Waals surface area contributed by atoms with Crippen LogP contribution < -0.4 is 5.32 Å². The molecule has 5 heteroatoms. The van der Waals surface area contributed by atoms with E-state index in [0.717, 1.165) is 35.1 Å². The Kier molecular flexibility index (Phi) is 4.19. The van der Waals surface area contributed by atoms with Crippen molar-refractivity contribution in [3.05, 3.63) is 78.0 Å². The van der Waals surface area contributed by atoms with E-state index in [2.05, 4.69) is 27.4 Å². The average Bonchev–Trinajstić information content (AvgIpc) is 2.68. The topological polar surface area (TPSA) is 75.1 Å². The second kappa shape index (κ2) is 6.80. The van der Waals surface area contributed by atoms with Gasteiger partial charge in [0.2, 0.25) is 0 Å². The molecule has 26 heavy (non-hydrogen) atoms. The smallest absolute Gasteiger partial charge is 0.335 e. The zero-order valence-corrected chi connectivity index (χ0v) is 14.0. The Morgan fingerprint density at radius 1 is 1.00 bits per heavy atom. The number of rotatable bonds is 5. The molecule has 0 fully saturated rings. The monoisotopic (exact) mass is 343 g/mol. The van der Waals surface area contributed by atoms with Crippen LogP contribution in [0.4, 0.5) is 5.82 Å². The molecule has 0 spiro atoms. The van der Waals surface area contributed by atoms with Gasteiger partial charge >= 0.3 is 5.97 Å². The minimum Gasteiger partial charge on any atom is -0.478 e. The van der Waals surface area contributed by atoms with Crippen molar-refractivity contribution in [2.45, 2.75) is 6.42 Å². The number of carboxylic acids is 1. The SMILES string of the molecule is O=C(O)c1ccc2c(c1)nc(NCCc1ccccc1)c1cccnc12. The quantitative estimate of drug-likeness (QED) is 0.533. The van der Waals surface area contributed by atoms with Gasteiger partial charge in [0.1, 0.15) is 5.82 Å². The fourth-order valence-electron chi connectivity index (χ4n) is 3.05. The molecule has 2 aromatic heterocycles. The van der Waals surface area contributed by atoms with Gasteiger partial charge in [-0.05, 0) is 42.3 Å². The first-order valence-corrected chi connectivity index (χ1v) is 8.42. The number of carboxylic acid groups (broad SMARTS) is 1. The van der Waals surface area contributed by atoms with Gasteiger partial charge in [-0.2, -0.15) is 0 Å². The summed E-state index contributed by atoms with van der Waals surface area (Å²) in [5, 5.41) is 14.4. The highest BCUT2D eigenvalue weighted by Crippen LogP contribution is 2.28. The average molecular weight is 343 g/mol. The number of aromatic carboxylic acids is 1. The van der Waals surface area contributed by atoms with Crippen molar-refractivity contribution in [3.8, 4) is 0 Å². The summed E-state index contributed by atoms with van der Waals surface area (Å²) < 4.78 is 0. The van der Waals surface area contributed by atoms with Crippen molar-refractivity contribution in [2.24, 2.45) is 0 Å². The number of anilines is 1. The largest absolute Gasteiger partial charge is 0.478 e. The minimum absolute atomic E-state index is 0.218. The predicted octanol–water partition coefficient (Wildman–Crippen LogP) is 4.14. The molecule has 128 valence electrons. The van der Waals surface area contributed by atoms with Crippen LogP contribution in [0.1, 0.15) is 15.9 Å². The van der Waals surface area contributed by atoms with E-state index in [4.69, 9.17) is 0 Å². The zero-order chi connectivity index (χ0) is 17.9. The third-order valence-corrected chi connectivity index (χ3v) is 4.34. The number of benzene rings is 2. The molecule has 4 aromatic rings. The number of aromatic nitrogens is 2. The molecule has 4 rings (SSSR count). The third kappa shape index (κ3) is 3.07. The lowest BCUT2D eigenvalue weighted by Crippen LogP contribution is -2.07. The van der Waals surface area contributed by atoms with Crippen molar-refractivity contribution in [3.63, 3.8) is 0 Å². The van der Waals surface area contributed by atoms with Crippen molar-refractivity contribution < 1.29 is 9.90 Å². The molecule has 0 bridgehead atoms. The molecule has 0 saturated heterocycles. The molecule has 0 aliphatic heterocycles. The molecule has 2 N–H and O–H groups in total. The Bertz CT molecular complexity index is 1090. The van der Waals surface area contributed by atoms with E-state index in [0.29, 0.717) is 5.52 Å². The lowest BCUT2D eigenvalue weighted by Gasteiger charge is -2.11. The molecule has 0 radical (unpaired) electrons. The van der Waals surface area contributed by atoms with E-state index in [-0.39, 0.29) is 5.56 Å². The van der Waals surface area contributed by atoms with Gasteiger partial charge in [0.05, 0.1) is 16.6 Å². The Morgan fingerprint density at radius 2 is 1.85 bits per heavy atom. The molecule has 2 heterocycles. The molecule has 0 aliphatic rings. The number of hydrogen-bond donors (Lipinski definition) is 2. The van der Waals surface area contributed by atoms with Crippen LogP contribution >= 0.6 is 0 Å². The van der Waals surface area contributed by atoms with Crippen molar-refractivity contribution in [1.29, 1.82) is 0 Å². The zero-order valence-electron chi connectivity index (χ0n) is 14.0. The van der Waals surface area contributed by atoms with E-state index >= 15 is 0 Å². The first-order chi connectivity index (χ1) is 12.7. The van der Waals surface area contributed by atoms with E-state index in [1.165, 1.54) is 5.56 Å². The maximum atomic E-state index is 11.3. The van der Waals surface area contributed by atoms with Gasteiger partial charge < -0.3 is 10.4 Å². The van der Waals surface area contributed by atoms with Gasteiger partial charge in [-0.25, -0.2) is 9.78 Å². The Balaban J connectivity index is 1.72. The summed E-state index contributed by atoms with van der Waals surface area (Å²) in [5.74, 6) is -0.243. The van der Waals surface area contributed by atoms with Crippen LogP contribution in [0.2, 0.25) is 0 Å². The Hall–Kier alpha value is -3.47. The van der Waals surface area contributed by atoms with Crippen LogP contribution in [-0.4, -0.2) is 27.6 Å². The fourth-order valence-corrected chi connectivity index (χ4v) is 3.05. The summed E-state index contributed by atoms with van der Waals surface area (Å²) in [6.45, 7) is 0.727. The maximum Gasteiger partial charge on any atom is 0.335 e. The standard InChI is InChI=1S/C21H17N3O2/c25-21(26)15-8-9-16-18(13-15)24-20(17-7-4-11-22-19(16)17)23-12-10-14-5-2-1-3-6-14/h1-9,11,13H,10,12H2,(H,23,24)(H,25,26). The minimum atomic E-state index is -0.964. The summed E-state index contributed by atoms with van der Waals surface area (Å²) in [6, 6.07) is 19.0. The molecule has 0 atom stereocenters. The highest BCUT2D eigenvalue weighted by molar-refractivity contribution is 6.09. The number of hydrogen-bond acceptors (Lipinski definition) is 4. The summed E-state index contributed by atoms with van der Waals surface area (Å²) in [6.07, 6.45) is 2.61. The first-order valence-electron chi connectivity index (χ1n) is 8.42. The summed E-state index contributed by atoms with van der Waals surface area (Å²) >= 11 is 0. The van der Waals surface area contributed by atoms with Crippen LogP contribution in [0, 0.1) is 0 Å². The van der Waals surface area contributed by atoms with Crippen molar-refractivity contribution in [2.75, 3.05) is 11.9 Å². The van der Waals surface area contributed by atoms with Gasteiger partial charge in [-0.15, -0.1) is 0 Å². The Morgan fingerprint density at radius 3 is 2.65 bits per heavy atom. The highest BCUT2D eigenvalue weighted by Gasteiger charge is 2.11. The first kappa shape index (κ1) is 16.0. The summed E-state index contributed by atoms with van der Waals surface area (Å²) in [5.41, 5.74) is 2.90. The van der Waals surface area contributed by atoms with Crippen LogP contribution in [0.5, 0.6) is 0 Å². The fraction of sp³-hybridized carbons (Fsp3) is 0.0952. The van der Waals surface area contributed by atoms with Crippen LogP contribution in [0.3, 0.4) is 0 Å². The Labute approximate surface area is 150 Å². The maximum absolute atomic E-state index is 11.3. The highest BCUT2D eigenvalue weighted by atomic mass is 16.4. The van der Waals surface area contributed by atoms with Gasteiger partial charge in [0.15, 0.2) is 0 Å². The molecule has 0 saturated carbocycles. The molecule has 0 amide bonds. The molecule has 0 aliphatic carbocycles. The van der Waals surface area contributed by atoms with Gasteiger partial charge in [0, 0.05) is 23.5 Å². The molecule has 5 nitrogen and oxygen atoms in total. The van der Waals surface area contributed by atoms with E-state index in [1.807, 2.05) is 30.3 Å². The molecular formula is C21H17N3O2. The number of carbonyl (C=O) groups is 1. The second-order valence-corrected chi connectivity index (χ2v) is 6.06. The van der Waals surface area contributed by atoms with Crippen LogP contribution in [0.25, 0.3) is 21.8 Å². The molecule has 0 unspecified atom stereocenters. The van der Waals surface area contributed by atoms with Gasteiger partial charge in [-0.3, -0.25) is 4.98 Å².